The molecule has 1 saturated heterocycles. The minimum atomic E-state index is 0.141. The molecule has 1 atom stereocenters. The fraction of sp³-hybridized carbons (Fsp3) is 0.235. The molecule has 1 heterocycles. The van der Waals surface area contributed by atoms with E-state index in [1.54, 1.807) is 11.8 Å². The Bertz CT molecular complexity index is 611. The number of nitrogens with zero attached hydrogens (tertiary/aromatic N) is 1. The number of rotatable bonds is 3. The van der Waals surface area contributed by atoms with Gasteiger partial charge in [-0.3, -0.25) is 4.79 Å². The Labute approximate surface area is 123 Å². The maximum absolute atomic E-state index is 12.2. The van der Waals surface area contributed by atoms with Crippen LogP contribution in [0.3, 0.4) is 0 Å². The van der Waals surface area contributed by atoms with E-state index in [0.717, 1.165) is 0 Å². The number of aryl methyl sites for hydroxylation is 1. The van der Waals surface area contributed by atoms with Crippen molar-refractivity contribution >= 4 is 17.7 Å². The van der Waals surface area contributed by atoms with E-state index < -0.39 is 0 Å². The normalized spacial score (nSPS) is 18.6. The van der Waals surface area contributed by atoms with E-state index in [4.69, 9.17) is 0 Å². The molecule has 1 aliphatic rings. The summed E-state index contributed by atoms with van der Waals surface area (Å²) in [6.07, 6.45) is 0. The monoisotopic (exact) mass is 283 g/mol. The van der Waals surface area contributed by atoms with Crippen molar-refractivity contribution in [3.05, 3.63) is 71.3 Å². The Kier molecular flexibility index (Phi) is 3.79. The summed E-state index contributed by atoms with van der Waals surface area (Å²) in [5, 5.41) is 0.141. The molecule has 3 heteroatoms. The molecule has 1 unspecified atom stereocenters. The Morgan fingerprint density at radius 2 is 1.95 bits per heavy atom. The molecule has 1 amide bonds. The highest BCUT2D eigenvalue weighted by atomic mass is 32.2. The number of hydrogen-bond donors (Lipinski definition) is 0. The zero-order valence-electron chi connectivity index (χ0n) is 11.5. The van der Waals surface area contributed by atoms with E-state index in [1.165, 1.54) is 16.7 Å². The smallest absolute Gasteiger partial charge is 0.234 e. The minimum Gasteiger partial charge on any atom is -0.322 e. The molecular formula is C17H17NOS. The van der Waals surface area contributed by atoms with Crippen molar-refractivity contribution in [1.82, 2.24) is 4.90 Å². The van der Waals surface area contributed by atoms with Gasteiger partial charge in [-0.05, 0) is 18.1 Å². The fourth-order valence-electron chi connectivity index (χ4n) is 2.50. The van der Waals surface area contributed by atoms with Crippen molar-refractivity contribution < 1.29 is 4.79 Å². The molecule has 0 N–H and O–H groups in total. The Balaban J connectivity index is 1.85. The molecule has 0 aliphatic carbocycles. The molecule has 3 rings (SSSR count). The molecule has 1 fully saturated rings. The van der Waals surface area contributed by atoms with Crippen LogP contribution in [-0.4, -0.2) is 16.6 Å². The second-order valence-corrected chi connectivity index (χ2v) is 6.15. The van der Waals surface area contributed by atoms with Crippen LogP contribution in [-0.2, 0) is 11.3 Å². The van der Waals surface area contributed by atoms with E-state index in [9.17, 15) is 4.79 Å². The van der Waals surface area contributed by atoms with Crippen molar-refractivity contribution in [1.29, 1.82) is 0 Å². The van der Waals surface area contributed by atoms with Crippen LogP contribution in [0.5, 0.6) is 0 Å². The van der Waals surface area contributed by atoms with Gasteiger partial charge in [0.2, 0.25) is 5.91 Å². The Morgan fingerprint density at radius 1 is 1.15 bits per heavy atom. The summed E-state index contributed by atoms with van der Waals surface area (Å²) >= 11 is 1.72. The van der Waals surface area contributed by atoms with Crippen LogP contribution in [0.15, 0.2) is 54.6 Å². The lowest BCUT2D eigenvalue weighted by atomic mass is 10.1. The van der Waals surface area contributed by atoms with Gasteiger partial charge < -0.3 is 4.90 Å². The Morgan fingerprint density at radius 3 is 2.70 bits per heavy atom. The number of hydrogen-bond acceptors (Lipinski definition) is 2. The van der Waals surface area contributed by atoms with Gasteiger partial charge in [0.1, 0.15) is 5.37 Å². The number of benzene rings is 2. The lowest BCUT2D eigenvalue weighted by molar-refractivity contribution is -0.128. The molecule has 0 saturated carbocycles. The molecule has 2 aromatic rings. The molecule has 20 heavy (non-hydrogen) atoms. The molecule has 2 aromatic carbocycles. The molecule has 1 aliphatic heterocycles. The van der Waals surface area contributed by atoms with Crippen LogP contribution < -0.4 is 0 Å². The van der Waals surface area contributed by atoms with E-state index in [1.807, 2.05) is 23.1 Å². The number of amides is 1. The summed E-state index contributed by atoms with van der Waals surface area (Å²) in [6, 6.07) is 18.6. The Hall–Kier alpha value is -1.74. The summed E-state index contributed by atoms with van der Waals surface area (Å²) < 4.78 is 0. The standard InChI is InChI=1S/C17H17NOS/c1-13-6-5-9-15(10-13)17-18(16(19)12-20-17)11-14-7-3-2-4-8-14/h2-10,17H,11-12H2,1H3. The molecule has 0 spiro atoms. The first kappa shape index (κ1) is 13.3. The summed E-state index contributed by atoms with van der Waals surface area (Å²) in [6.45, 7) is 2.78. The van der Waals surface area contributed by atoms with Gasteiger partial charge >= 0.3 is 0 Å². The summed E-state index contributed by atoms with van der Waals surface area (Å²) in [5.74, 6) is 0.802. The van der Waals surface area contributed by atoms with Crippen molar-refractivity contribution in [2.45, 2.75) is 18.8 Å². The van der Waals surface area contributed by atoms with Crippen molar-refractivity contribution in [2.75, 3.05) is 5.75 Å². The first-order valence-corrected chi connectivity index (χ1v) is 7.80. The summed E-state index contributed by atoms with van der Waals surface area (Å²) in [4.78, 5) is 14.1. The second-order valence-electron chi connectivity index (χ2n) is 5.08. The minimum absolute atomic E-state index is 0.141. The van der Waals surface area contributed by atoms with E-state index >= 15 is 0 Å². The molecule has 0 bridgehead atoms. The van der Waals surface area contributed by atoms with Crippen molar-refractivity contribution in [3.8, 4) is 0 Å². The predicted molar refractivity (Wildman–Crippen MR) is 83.4 cm³/mol. The van der Waals surface area contributed by atoms with Crippen LogP contribution >= 0.6 is 11.8 Å². The van der Waals surface area contributed by atoms with Crippen LogP contribution in [0.1, 0.15) is 22.1 Å². The third-order valence-corrected chi connectivity index (χ3v) is 4.75. The number of carbonyl (C=O) groups is 1. The maximum Gasteiger partial charge on any atom is 0.234 e. The van der Waals surface area contributed by atoms with Crippen LogP contribution in [0, 0.1) is 6.92 Å². The first-order valence-electron chi connectivity index (χ1n) is 6.75. The van der Waals surface area contributed by atoms with Gasteiger partial charge in [-0.1, -0.05) is 60.2 Å². The van der Waals surface area contributed by atoms with Crippen LogP contribution in [0.4, 0.5) is 0 Å². The zero-order chi connectivity index (χ0) is 13.9. The molecule has 0 radical (unpaired) electrons. The van der Waals surface area contributed by atoms with Gasteiger partial charge in [0.05, 0.1) is 5.75 Å². The highest BCUT2D eigenvalue weighted by molar-refractivity contribution is 8.00. The lowest BCUT2D eigenvalue weighted by Gasteiger charge is -2.24. The summed E-state index contributed by atoms with van der Waals surface area (Å²) in [5.41, 5.74) is 3.64. The van der Waals surface area contributed by atoms with Gasteiger partial charge in [0.25, 0.3) is 0 Å². The molecule has 0 aromatic heterocycles. The maximum atomic E-state index is 12.2. The van der Waals surface area contributed by atoms with E-state index in [2.05, 4.69) is 43.3 Å². The highest BCUT2D eigenvalue weighted by Crippen LogP contribution is 2.39. The van der Waals surface area contributed by atoms with Crippen LogP contribution in [0.2, 0.25) is 0 Å². The van der Waals surface area contributed by atoms with E-state index in [0.29, 0.717) is 12.3 Å². The zero-order valence-corrected chi connectivity index (χ0v) is 12.3. The second kappa shape index (κ2) is 5.71. The summed E-state index contributed by atoms with van der Waals surface area (Å²) in [7, 11) is 0. The van der Waals surface area contributed by atoms with Crippen molar-refractivity contribution in [2.24, 2.45) is 0 Å². The lowest BCUT2D eigenvalue weighted by Crippen LogP contribution is -2.27. The van der Waals surface area contributed by atoms with Gasteiger partial charge in [-0.15, -0.1) is 11.8 Å². The van der Waals surface area contributed by atoms with Gasteiger partial charge in [-0.25, -0.2) is 0 Å². The highest BCUT2D eigenvalue weighted by Gasteiger charge is 2.32. The van der Waals surface area contributed by atoms with Gasteiger partial charge in [0.15, 0.2) is 0 Å². The average molecular weight is 283 g/mol. The number of carbonyl (C=O) groups excluding carboxylic acids is 1. The third-order valence-electron chi connectivity index (χ3n) is 3.49. The molecular weight excluding hydrogens is 266 g/mol. The average Bonchev–Trinajstić information content (AvgIpc) is 2.82. The predicted octanol–water partition coefficient (Wildman–Crippen LogP) is 3.77. The fourth-order valence-corrected chi connectivity index (χ4v) is 3.68. The topological polar surface area (TPSA) is 20.3 Å². The third kappa shape index (κ3) is 2.73. The van der Waals surface area contributed by atoms with E-state index in [-0.39, 0.29) is 11.3 Å². The van der Waals surface area contributed by atoms with Crippen LogP contribution in [0.25, 0.3) is 0 Å². The SMILES string of the molecule is Cc1cccc(C2SCC(=O)N2Cc2ccccc2)c1. The molecule has 2 nitrogen and oxygen atoms in total. The number of thioether (sulfide) groups is 1. The quantitative estimate of drug-likeness (QED) is 0.854. The van der Waals surface area contributed by atoms with Gasteiger partial charge in [-0.2, -0.15) is 0 Å². The molecule has 102 valence electrons. The van der Waals surface area contributed by atoms with Crippen molar-refractivity contribution in [3.63, 3.8) is 0 Å². The van der Waals surface area contributed by atoms with Gasteiger partial charge in [0, 0.05) is 6.54 Å². The first-order chi connectivity index (χ1) is 9.74. The largest absolute Gasteiger partial charge is 0.322 e.